The van der Waals surface area contributed by atoms with Crippen molar-refractivity contribution in [2.24, 2.45) is 11.7 Å². The Morgan fingerprint density at radius 1 is 1.09 bits per heavy atom. The first-order valence-corrected chi connectivity index (χ1v) is 12.7. The molecular weight excluding hydrogens is 432 g/mol. The van der Waals surface area contributed by atoms with Crippen LogP contribution in [0.25, 0.3) is 5.65 Å². The molecule has 3 aliphatic rings. The van der Waals surface area contributed by atoms with Gasteiger partial charge in [0.2, 0.25) is 5.91 Å². The van der Waals surface area contributed by atoms with E-state index in [2.05, 4.69) is 27.3 Å². The van der Waals surface area contributed by atoms with Gasteiger partial charge in [-0.05, 0) is 81.1 Å². The van der Waals surface area contributed by atoms with Gasteiger partial charge in [-0.3, -0.25) is 19.4 Å². The Bertz CT molecular complexity index is 1010. The first kappa shape index (κ1) is 23.3. The van der Waals surface area contributed by atoms with E-state index in [1.807, 2.05) is 10.6 Å². The highest BCUT2D eigenvalue weighted by Gasteiger charge is 2.28. The number of nitrogens with one attached hydrogen (secondary N) is 1. The molecule has 2 aromatic rings. The number of amides is 3. The smallest absolute Gasteiger partial charge is 0.329 e. The number of urea groups is 1. The topological polar surface area (TPSA) is 105 Å². The molecule has 5 rings (SSSR count). The number of carbonyl (C=O) groups is 2. The zero-order chi connectivity index (χ0) is 23.5. The number of hydrogen-bond donors (Lipinski definition) is 2. The van der Waals surface area contributed by atoms with Gasteiger partial charge in [-0.2, -0.15) is 0 Å². The number of fused-ring (bicyclic) bond motifs is 1. The lowest BCUT2D eigenvalue weighted by Gasteiger charge is -2.36. The van der Waals surface area contributed by atoms with Crippen LogP contribution in [0.5, 0.6) is 0 Å². The van der Waals surface area contributed by atoms with E-state index in [0.29, 0.717) is 44.0 Å². The highest BCUT2D eigenvalue weighted by molar-refractivity contribution is 6.05. The van der Waals surface area contributed by atoms with Crippen molar-refractivity contribution in [3.05, 3.63) is 30.1 Å². The summed E-state index contributed by atoms with van der Waals surface area (Å²) in [6, 6.07) is 3.93. The molecule has 2 saturated heterocycles. The van der Waals surface area contributed by atoms with Crippen LogP contribution in [0.3, 0.4) is 0 Å². The standard InChI is InChI=1S/C25H36N6O3/c26-9-14-34-21-3-1-18(2-4-21)17-29-10-5-19(6-11-29)20-7-12-30-22(15-20)27-16-24(30)31-13-8-23(32)28-25(31)33/h7,12,15-16,18-19,21H,1-6,8-11,13-14,17,26H2,(H,28,32,33)/t18-,21-. The second-order valence-electron chi connectivity index (χ2n) is 9.94. The van der Waals surface area contributed by atoms with Crippen LogP contribution in [-0.2, 0) is 9.53 Å². The van der Waals surface area contributed by atoms with Crippen LogP contribution in [0.2, 0.25) is 0 Å². The largest absolute Gasteiger partial charge is 0.377 e. The van der Waals surface area contributed by atoms with Crippen LogP contribution >= 0.6 is 0 Å². The third kappa shape index (κ3) is 5.11. The molecule has 4 heterocycles. The van der Waals surface area contributed by atoms with E-state index >= 15 is 0 Å². The predicted molar refractivity (Wildman–Crippen MR) is 130 cm³/mol. The van der Waals surface area contributed by atoms with Crippen molar-refractivity contribution in [1.29, 1.82) is 0 Å². The molecular formula is C25H36N6O3. The third-order valence-corrected chi connectivity index (χ3v) is 7.69. The molecule has 0 radical (unpaired) electrons. The van der Waals surface area contributed by atoms with Gasteiger partial charge in [-0.1, -0.05) is 0 Å². The molecule has 1 aliphatic carbocycles. The molecule has 9 heteroatoms. The predicted octanol–water partition coefficient (Wildman–Crippen LogP) is 2.49. The number of imidazole rings is 1. The number of anilines is 1. The number of aromatic nitrogens is 2. The summed E-state index contributed by atoms with van der Waals surface area (Å²) in [5.41, 5.74) is 7.72. The normalized spacial score (nSPS) is 25.1. The molecule has 2 aromatic heterocycles. The van der Waals surface area contributed by atoms with Crippen molar-refractivity contribution < 1.29 is 14.3 Å². The molecule has 2 aliphatic heterocycles. The highest BCUT2D eigenvalue weighted by atomic mass is 16.5. The second kappa shape index (κ2) is 10.4. The SMILES string of the molecule is NCCO[C@H]1CC[C@H](CN2CCC(c3ccn4c(N5CCC(=O)NC5=O)cnc4c3)CC2)CC1. The molecule has 1 saturated carbocycles. The Kier molecular flexibility index (Phi) is 7.12. The van der Waals surface area contributed by atoms with E-state index in [4.69, 9.17) is 10.5 Å². The van der Waals surface area contributed by atoms with Crippen molar-refractivity contribution in [3.63, 3.8) is 0 Å². The highest BCUT2D eigenvalue weighted by Crippen LogP contribution is 2.32. The molecule has 0 bridgehead atoms. The van der Waals surface area contributed by atoms with E-state index in [1.165, 1.54) is 37.8 Å². The number of ether oxygens (including phenoxy) is 1. The quantitative estimate of drug-likeness (QED) is 0.647. The van der Waals surface area contributed by atoms with Gasteiger partial charge in [-0.15, -0.1) is 0 Å². The average molecular weight is 469 g/mol. The Hall–Kier alpha value is -2.49. The zero-order valence-corrected chi connectivity index (χ0v) is 19.8. The van der Waals surface area contributed by atoms with Crippen LogP contribution in [0, 0.1) is 5.92 Å². The van der Waals surface area contributed by atoms with Crippen molar-refractivity contribution in [2.75, 3.05) is 44.2 Å². The van der Waals surface area contributed by atoms with Crippen molar-refractivity contribution in [2.45, 2.75) is 57.0 Å². The second-order valence-corrected chi connectivity index (χ2v) is 9.94. The van der Waals surface area contributed by atoms with Crippen LogP contribution < -0.4 is 16.0 Å². The number of hydrogen-bond acceptors (Lipinski definition) is 6. The van der Waals surface area contributed by atoms with Gasteiger partial charge in [0.1, 0.15) is 11.5 Å². The van der Waals surface area contributed by atoms with E-state index in [1.54, 1.807) is 11.1 Å². The van der Waals surface area contributed by atoms with Gasteiger partial charge >= 0.3 is 6.03 Å². The molecule has 3 amide bonds. The molecule has 0 unspecified atom stereocenters. The maximum atomic E-state index is 12.2. The molecule has 9 nitrogen and oxygen atoms in total. The average Bonchev–Trinajstić information content (AvgIpc) is 3.27. The lowest BCUT2D eigenvalue weighted by atomic mass is 9.85. The zero-order valence-electron chi connectivity index (χ0n) is 19.8. The summed E-state index contributed by atoms with van der Waals surface area (Å²) in [5, 5.41) is 2.38. The Morgan fingerprint density at radius 3 is 2.62 bits per heavy atom. The summed E-state index contributed by atoms with van der Waals surface area (Å²) in [6.45, 7) is 5.16. The molecule has 3 fully saturated rings. The fourth-order valence-electron chi connectivity index (χ4n) is 5.75. The monoisotopic (exact) mass is 468 g/mol. The minimum absolute atomic E-state index is 0.229. The Balaban J connectivity index is 1.14. The van der Waals surface area contributed by atoms with Gasteiger partial charge in [0.25, 0.3) is 0 Å². The van der Waals surface area contributed by atoms with E-state index in [9.17, 15) is 9.59 Å². The van der Waals surface area contributed by atoms with Gasteiger partial charge in [-0.25, -0.2) is 9.78 Å². The summed E-state index contributed by atoms with van der Waals surface area (Å²) >= 11 is 0. The maximum Gasteiger partial charge on any atom is 0.329 e. The first-order valence-electron chi connectivity index (χ1n) is 12.7. The van der Waals surface area contributed by atoms with Crippen LogP contribution in [0.15, 0.2) is 24.5 Å². The lowest BCUT2D eigenvalue weighted by molar-refractivity contribution is -0.120. The van der Waals surface area contributed by atoms with Gasteiger partial charge in [0, 0.05) is 32.3 Å². The summed E-state index contributed by atoms with van der Waals surface area (Å²) in [5.74, 6) is 1.80. The van der Waals surface area contributed by atoms with E-state index in [0.717, 1.165) is 37.5 Å². The van der Waals surface area contributed by atoms with Gasteiger partial charge < -0.3 is 15.4 Å². The number of nitrogens with zero attached hydrogens (tertiary/aromatic N) is 4. The fourth-order valence-corrected chi connectivity index (χ4v) is 5.75. The number of rotatable bonds is 7. The van der Waals surface area contributed by atoms with E-state index < -0.39 is 0 Å². The minimum atomic E-state index is -0.383. The summed E-state index contributed by atoms with van der Waals surface area (Å²) in [4.78, 5) is 32.5. The van der Waals surface area contributed by atoms with Gasteiger partial charge in [0.15, 0.2) is 0 Å². The van der Waals surface area contributed by atoms with E-state index in [-0.39, 0.29) is 11.9 Å². The Morgan fingerprint density at radius 2 is 1.88 bits per heavy atom. The number of carbonyl (C=O) groups excluding carboxylic acids is 2. The molecule has 184 valence electrons. The molecule has 34 heavy (non-hydrogen) atoms. The Labute approximate surface area is 200 Å². The molecule has 3 N–H and O–H groups in total. The van der Waals surface area contributed by atoms with Crippen LogP contribution in [0.1, 0.15) is 56.4 Å². The number of pyridine rings is 1. The lowest BCUT2D eigenvalue weighted by Crippen LogP contribution is -2.50. The number of imide groups is 1. The summed E-state index contributed by atoms with van der Waals surface area (Å²) in [7, 11) is 0. The molecule has 0 spiro atoms. The van der Waals surface area contributed by atoms with Crippen molar-refractivity contribution >= 4 is 23.4 Å². The molecule has 0 aromatic carbocycles. The van der Waals surface area contributed by atoms with Crippen molar-refractivity contribution in [3.8, 4) is 0 Å². The third-order valence-electron chi connectivity index (χ3n) is 7.69. The first-order chi connectivity index (χ1) is 16.6. The maximum absolute atomic E-state index is 12.2. The summed E-state index contributed by atoms with van der Waals surface area (Å²) < 4.78 is 7.76. The fraction of sp³-hybridized carbons (Fsp3) is 0.640. The minimum Gasteiger partial charge on any atom is -0.377 e. The number of likely N-dealkylation sites (tertiary alicyclic amines) is 1. The number of piperidine rings is 1. The van der Waals surface area contributed by atoms with Crippen LogP contribution in [-0.4, -0.2) is 71.7 Å². The summed E-state index contributed by atoms with van der Waals surface area (Å²) in [6.07, 6.45) is 11.6. The van der Waals surface area contributed by atoms with Gasteiger partial charge in [0.05, 0.1) is 18.9 Å². The number of nitrogens with two attached hydrogens (primary N) is 1. The molecule has 0 atom stereocenters. The van der Waals surface area contributed by atoms with Crippen LogP contribution in [0.4, 0.5) is 10.6 Å². The van der Waals surface area contributed by atoms with Crippen molar-refractivity contribution in [1.82, 2.24) is 19.6 Å².